The summed E-state index contributed by atoms with van der Waals surface area (Å²) in [7, 11) is 0. The van der Waals surface area contributed by atoms with E-state index >= 15 is 0 Å². The smallest absolute Gasteiger partial charge is 0.320 e. The van der Waals surface area contributed by atoms with Gasteiger partial charge < -0.3 is 5.11 Å². The van der Waals surface area contributed by atoms with Crippen molar-refractivity contribution in [3.05, 3.63) is 0 Å². The average Bonchev–Trinajstić information content (AvgIpc) is 2.81. The molecule has 1 rings (SSSR count). The molecule has 1 atom stereocenters. The molecule has 3 nitrogen and oxygen atoms in total. The summed E-state index contributed by atoms with van der Waals surface area (Å²) in [4.78, 5) is 13.8. The van der Waals surface area contributed by atoms with Gasteiger partial charge in [0.05, 0.1) is 0 Å². The minimum atomic E-state index is -0.632. The van der Waals surface area contributed by atoms with Crippen molar-refractivity contribution in [3.63, 3.8) is 0 Å². The first-order valence-corrected chi connectivity index (χ1v) is 7.54. The van der Waals surface area contributed by atoms with Crippen molar-refractivity contribution < 1.29 is 9.90 Å². The van der Waals surface area contributed by atoms with Crippen molar-refractivity contribution in [1.29, 1.82) is 0 Å². The minimum Gasteiger partial charge on any atom is -0.480 e. The first-order chi connectivity index (χ1) is 8.56. The lowest BCUT2D eigenvalue weighted by atomic mass is 10.0. The maximum atomic E-state index is 11.5. The molecule has 0 aromatic heterocycles. The Balaban J connectivity index is 2.68. The van der Waals surface area contributed by atoms with E-state index in [0.29, 0.717) is 12.0 Å². The van der Waals surface area contributed by atoms with Gasteiger partial charge in [-0.15, -0.1) is 0 Å². The van der Waals surface area contributed by atoms with Gasteiger partial charge in [-0.3, -0.25) is 9.69 Å². The normalized spacial score (nSPS) is 18.7. The summed E-state index contributed by atoms with van der Waals surface area (Å²) in [5.74, 6) is 0.0116. The molecule has 0 radical (unpaired) electrons. The molecule has 18 heavy (non-hydrogen) atoms. The van der Waals surface area contributed by atoms with Crippen molar-refractivity contribution in [1.82, 2.24) is 4.90 Å². The summed E-state index contributed by atoms with van der Waals surface area (Å²) in [5.41, 5.74) is 0. The van der Waals surface area contributed by atoms with Gasteiger partial charge in [-0.1, -0.05) is 40.0 Å². The zero-order valence-electron chi connectivity index (χ0n) is 12.2. The van der Waals surface area contributed by atoms with Crippen molar-refractivity contribution in [2.24, 2.45) is 5.92 Å². The summed E-state index contributed by atoms with van der Waals surface area (Å²) < 4.78 is 0. The molecule has 3 heteroatoms. The first-order valence-electron chi connectivity index (χ1n) is 7.54. The van der Waals surface area contributed by atoms with Crippen LogP contribution in [0.5, 0.6) is 0 Å². The fourth-order valence-corrected chi connectivity index (χ4v) is 2.94. The molecule has 0 spiro atoms. The van der Waals surface area contributed by atoms with E-state index in [4.69, 9.17) is 0 Å². The molecular weight excluding hydrogens is 226 g/mol. The van der Waals surface area contributed by atoms with E-state index < -0.39 is 5.97 Å². The third kappa shape index (κ3) is 4.60. The maximum absolute atomic E-state index is 11.5. The number of carboxylic acids is 1. The monoisotopic (exact) mass is 255 g/mol. The van der Waals surface area contributed by atoms with Crippen LogP contribution in [0.15, 0.2) is 0 Å². The molecule has 1 unspecified atom stereocenters. The minimum absolute atomic E-state index is 0.267. The van der Waals surface area contributed by atoms with E-state index in [-0.39, 0.29) is 6.04 Å². The molecular formula is C15H29NO2. The predicted octanol–water partition coefficient (Wildman–Crippen LogP) is 3.53. The van der Waals surface area contributed by atoms with Crippen LogP contribution in [0.1, 0.15) is 65.7 Å². The molecule has 0 aromatic rings. The number of hydrogen-bond acceptors (Lipinski definition) is 2. The van der Waals surface area contributed by atoms with Crippen molar-refractivity contribution in [2.45, 2.75) is 77.8 Å². The van der Waals surface area contributed by atoms with Crippen LogP contribution in [-0.4, -0.2) is 34.6 Å². The van der Waals surface area contributed by atoms with Crippen LogP contribution in [0.4, 0.5) is 0 Å². The van der Waals surface area contributed by atoms with Crippen LogP contribution in [0.25, 0.3) is 0 Å². The number of nitrogens with zero attached hydrogens (tertiary/aromatic N) is 1. The van der Waals surface area contributed by atoms with Gasteiger partial charge in [0.1, 0.15) is 6.04 Å². The summed E-state index contributed by atoms with van der Waals surface area (Å²) in [6.07, 6.45) is 7.73. The summed E-state index contributed by atoms with van der Waals surface area (Å²) in [5, 5.41) is 9.46. The van der Waals surface area contributed by atoms with Crippen LogP contribution >= 0.6 is 0 Å². The van der Waals surface area contributed by atoms with Gasteiger partial charge in [-0.05, 0) is 38.1 Å². The zero-order chi connectivity index (χ0) is 13.5. The highest BCUT2D eigenvalue weighted by molar-refractivity contribution is 5.73. The fraction of sp³-hybridized carbons (Fsp3) is 0.933. The Hall–Kier alpha value is -0.570. The highest BCUT2D eigenvalue weighted by atomic mass is 16.4. The number of hydrogen-bond donors (Lipinski definition) is 1. The van der Waals surface area contributed by atoms with Crippen molar-refractivity contribution in [2.75, 3.05) is 6.54 Å². The Kier molecular flexibility index (Phi) is 6.69. The molecule has 1 fully saturated rings. The summed E-state index contributed by atoms with van der Waals surface area (Å²) in [6, 6.07) is 0.244. The topological polar surface area (TPSA) is 40.5 Å². The van der Waals surface area contributed by atoms with Gasteiger partial charge in [-0.25, -0.2) is 0 Å². The summed E-state index contributed by atoms with van der Waals surface area (Å²) in [6.45, 7) is 7.44. The van der Waals surface area contributed by atoms with E-state index in [1.165, 1.54) is 25.7 Å². The lowest BCUT2D eigenvalue weighted by Crippen LogP contribution is -2.47. The fourth-order valence-electron chi connectivity index (χ4n) is 2.94. The first kappa shape index (κ1) is 15.5. The molecule has 1 N–H and O–H groups in total. The Morgan fingerprint density at radius 2 is 1.89 bits per heavy atom. The Labute approximate surface area is 112 Å². The average molecular weight is 255 g/mol. The van der Waals surface area contributed by atoms with Gasteiger partial charge in [0.15, 0.2) is 0 Å². The van der Waals surface area contributed by atoms with E-state index in [9.17, 15) is 9.90 Å². The lowest BCUT2D eigenvalue weighted by molar-refractivity contribution is -0.144. The quantitative estimate of drug-likeness (QED) is 0.721. The maximum Gasteiger partial charge on any atom is 0.320 e. The standard InChI is InChI=1S/C15H29NO2/c1-4-7-14(15(17)18)16(11-10-12(2)3)13-8-5-6-9-13/h12-14H,4-11H2,1-3H3,(H,17,18). The van der Waals surface area contributed by atoms with Gasteiger partial charge in [0.25, 0.3) is 0 Å². The second-order valence-electron chi connectivity index (χ2n) is 6.00. The van der Waals surface area contributed by atoms with Gasteiger partial charge in [0, 0.05) is 6.04 Å². The molecule has 0 amide bonds. The van der Waals surface area contributed by atoms with Crippen molar-refractivity contribution >= 4 is 5.97 Å². The van der Waals surface area contributed by atoms with E-state index in [2.05, 4.69) is 25.7 Å². The highest BCUT2D eigenvalue weighted by Crippen LogP contribution is 2.27. The van der Waals surface area contributed by atoms with E-state index in [1.54, 1.807) is 0 Å². The second kappa shape index (κ2) is 7.78. The number of rotatable bonds is 8. The highest BCUT2D eigenvalue weighted by Gasteiger charge is 2.32. The van der Waals surface area contributed by atoms with Gasteiger partial charge >= 0.3 is 5.97 Å². The molecule has 0 aromatic carbocycles. The van der Waals surface area contributed by atoms with Gasteiger partial charge in [-0.2, -0.15) is 0 Å². The zero-order valence-corrected chi connectivity index (χ0v) is 12.2. The lowest BCUT2D eigenvalue weighted by Gasteiger charge is -2.34. The summed E-state index contributed by atoms with van der Waals surface area (Å²) >= 11 is 0. The van der Waals surface area contributed by atoms with Crippen LogP contribution in [-0.2, 0) is 4.79 Å². The molecule has 0 heterocycles. The predicted molar refractivity (Wildman–Crippen MR) is 74.7 cm³/mol. The van der Waals surface area contributed by atoms with Crippen LogP contribution in [0.2, 0.25) is 0 Å². The molecule has 0 saturated heterocycles. The molecule has 1 aliphatic carbocycles. The number of carbonyl (C=O) groups is 1. The molecule has 0 aliphatic heterocycles. The Morgan fingerprint density at radius 3 is 2.33 bits per heavy atom. The third-order valence-corrected chi connectivity index (χ3v) is 4.01. The van der Waals surface area contributed by atoms with E-state index in [1.807, 2.05) is 0 Å². The SMILES string of the molecule is CCCC(C(=O)O)N(CCC(C)C)C1CCCC1. The third-order valence-electron chi connectivity index (χ3n) is 4.01. The van der Waals surface area contributed by atoms with Crippen LogP contribution < -0.4 is 0 Å². The Bertz CT molecular complexity index is 247. The molecule has 106 valence electrons. The van der Waals surface area contributed by atoms with Crippen molar-refractivity contribution in [3.8, 4) is 0 Å². The molecule has 0 bridgehead atoms. The molecule has 1 saturated carbocycles. The second-order valence-corrected chi connectivity index (χ2v) is 6.00. The van der Waals surface area contributed by atoms with E-state index in [0.717, 1.165) is 25.8 Å². The Morgan fingerprint density at radius 1 is 1.28 bits per heavy atom. The van der Waals surface area contributed by atoms with Crippen LogP contribution in [0, 0.1) is 5.92 Å². The largest absolute Gasteiger partial charge is 0.480 e. The molecule has 1 aliphatic rings. The number of carboxylic acid groups (broad SMARTS) is 1. The van der Waals surface area contributed by atoms with Gasteiger partial charge in [0.2, 0.25) is 0 Å². The number of aliphatic carboxylic acids is 1. The van der Waals surface area contributed by atoms with Crippen LogP contribution in [0.3, 0.4) is 0 Å².